The monoisotopic (exact) mass is 353 g/mol. The van der Waals surface area contributed by atoms with Crippen molar-refractivity contribution in [2.45, 2.75) is 62.2 Å². The predicted octanol–water partition coefficient (Wildman–Crippen LogP) is -3.50. The van der Waals surface area contributed by atoms with E-state index in [1.54, 1.807) is 6.92 Å². The van der Waals surface area contributed by atoms with Gasteiger partial charge in [0.1, 0.15) is 30.5 Å². The van der Waals surface area contributed by atoms with E-state index in [0.29, 0.717) is 0 Å². The van der Waals surface area contributed by atoms with Gasteiger partial charge in [0, 0.05) is 19.6 Å². The summed E-state index contributed by atoms with van der Waals surface area (Å²) in [5.41, 5.74) is 5.59. The van der Waals surface area contributed by atoms with Crippen LogP contribution in [0.15, 0.2) is 0 Å². The Morgan fingerprint density at radius 2 is 1.50 bits per heavy atom. The van der Waals surface area contributed by atoms with E-state index in [0.717, 1.165) is 0 Å². The summed E-state index contributed by atoms with van der Waals surface area (Å²) >= 11 is 0. The van der Waals surface area contributed by atoms with Gasteiger partial charge in [-0.1, -0.05) is 6.92 Å². The quantitative estimate of drug-likeness (QED) is 0.292. The van der Waals surface area contributed by atoms with E-state index in [-0.39, 0.29) is 6.54 Å². The Morgan fingerprint density at radius 1 is 0.917 bits per heavy atom. The number of rotatable bonds is 5. The fourth-order valence-corrected chi connectivity index (χ4v) is 3.02. The highest BCUT2D eigenvalue weighted by atomic mass is 16.7. The van der Waals surface area contributed by atoms with Crippen LogP contribution in [0, 0.1) is 5.92 Å². The van der Waals surface area contributed by atoms with Crippen molar-refractivity contribution in [1.29, 1.82) is 0 Å². The molecule has 0 bridgehead atoms. The number of aliphatic hydroxyl groups is 5. The summed E-state index contributed by atoms with van der Waals surface area (Å²) in [4.78, 5) is 0. The second-order valence-electron chi connectivity index (χ2n) is 6.16. The minimum atomic E-state index is -1.45. The lowest BCUT2D eigenvalue weighted by Crippen LogP contribution is -2.63. The van der Waals surface area contributed by atoms with Crippen molar-refractivity contribution >= 4 is 0 Å². The zero-order valence-electron chi connectivity index (χ0n) is 13.6. The lowest BCUT2D eigenvalue weighted by molar-refractivity contribution is -0.351. The van der Waals surface area contributed by atoms with Crippen LogP contribution < -0.4 is 5.73 Å². The highest BCUT2D eigenvalue weighted by Gasteiger charge is 2.49. The lowest BCUT2D eigenvalue weighted by Gasteiger charge is -2.46. The Hall–Kier alpha value is -0.400. The number of aliphatic hydroxyl groups excluding tert-OH is 5. The normalized spacial score (nSPS) is 50.0. The molecule has 0 aromatic rings. The second kappa shape index (κ2) is 8.32. The summed E-state index contributed by atoms with van der Waals surface area (Å²) in [6.45, 7) is 1.27. The minimum Gasteiger partial charge on any atom is -0.394 e. The number of ether oxygens (including phenoxy) is 4. The maximum Gasteiger partial charge on any atom is 0.186 e. The standard InChI is InChI=1S/C14H27NO9/c1-5-6(3-15)22-14(10(19)8(5)17)24-12-7(4-16)23-13(21-2)11(20)9(12)18/h5-14,16-20H,3-4,15H2,1-2H3/t5-,6?,7?,8+,9-,10?,11?,12-,13+,14-/m1/s1. The van der Waals surface area contributed by atoms with E-state index in [2.05, 4.69) is 0 Å². The predicted molar refractivity (Wildman–Crippen MR) is 78.5 cm³/mol. The molecule has 0 aromatic carbocycles. The van der Waals surface area contributed by atoms with Crippen molar-refractivity contribution < 1.29 is 44.5 Å². The molecule has 10 heteroatoms. The van der Waals surface area contributed by atoms with E-state index < -0.39 is 67.8 Å². The number of hydrogen-bond donors (Lipinski definition) is 6. The molecule has 0 aromatic heterocycles. The summed E-state index contributed by atoms with van der Waals surface area (Å²) in [6.07, 6.45) is -10.6. The Bertz CT molecular complexity index is 396. The van der Waals surface area contributed by atoms with Gasteiger partial charge in [-0.15, -0.1) is 0 Å². The van der Waals surface area contributed by atoms with Crippen LogP contribution in [-0.2, 0) is 18.9 Å². The molecule has 4 unspecified atom stereocenters. The van der Waals surface area contributed by atoms with Crippen LogP contribution in [0.2, 0.25) is 0 Å². The number of methoxy groups -OCH3 is 1. The van der Waals surface area contributed by atoms with Gasteiger partial charge in [0.25, 0.3) is 0 Å². The van der Waals surface area contributed by atoms with Crippen LogP contribution in [0.4, 0.5) is 0 Å². The topological polar surface area (TPSA) is 164 Å². The Kier molecular flexibility index (Phi) is 6.90. The van der Waals surface area contributed by atoms with Crippen LogP contribution in [0.5, 0.6) is 0 Å². The van der Waals surface area contributed by atoms with Crippen LogP contribution in [0.1, 0.15) is 6.92 Å². The maximum absolute atomic E-state index is 10.2. The zero-order valence-corrected chi connectivity index (χ0v) is 13.6. The van der Waals surface area contributed by atoms with Crippen molar-refractivity contribution in [2.75, 3.05) is 20.3 Å². The van der Waals surface area contributed by atoms with Crippen molar-refractivity contribution in [2.24, 2.45) is 11.7 Å². The molecule has 142 valence electrons. The molecule has 10 nitrogen and oxygen atoms in total. The second-order valence-corrected chi connectivity index (χ2v) is 6.16. The maximum atomic E-state index is 10.2. The van der Waals surface area contributed by atoms with E-state index in [1.807, 2.05) is 0 Å². The van der Waals surface area contributed by atoms with Gasteiger partial charge >= 0.3 is 0 Å². The molecule has 2 fully saturated rings. The third kappa shape index (κ3) is 3.73. The smallest absolute Gasteiger partial charge is 0.186 e. The van der Waals surface area contributed by atoms with E-state index in [9.17, 15) is 25.5 Å². The van der Waals surface area contributed by atoms with Gasteiger partial charge in [0.2, 0.25) is 0 Å². The molecule has 2 aliphatic heterocycles. The first kappa shape index (κ1) is 19.9. The van der Waals surface area contributed by atoms with E-state index >= 15 is 0 Å². The highest BCUT2D eigenvalue weighted by Crippen LogP contribution is 2.30. The Labute approximate surface area is 139 Å². The van der Waals surface area contributed by atoms with Gasteiger partial charge in [-0.25, -0.2) is 0 Å². The molecule has 2 saturated heterocycles. The average Bonchev–Trinajstić information content (AvgIpc) is 2.59. The summed E-state index contributed by atoms with van der Waals surface area (Å²) in [7, 11) is 1.29. The Morgan fingerprint density at radius 3 is 2.04 bits per heavy atom. The molecule has 2 heterocycles. The van der Waals surface area contributed by atoms with Crippen molar-refractivity contribution in [3.63, 3.8) is 0 Å². The van der Waals surface area contributed by atoms with Crippen molar-refractivity contribution in [3.8, 4) is 0 Å². The van der Waals surface area contributed by atoms with Gasteiger partial charge in [0.05, 0.1) is 18.8 Å². The lowest BCUT2D eigenvalue weighted by atomic mass is 9.90. The van der Waals surface area contributed by atoms with Crippen LogP contribution >= 0.6 is 0 Å². The molecule has 2 rings (SSSR count). The SMILES string of the molecule is CO[C@H]1OC(CO)[C@@H](O[C@H]2OC(CN)[C@@H](C)[C@H](O)C2O)[C@H](O)C1O. The summed E-state index contributed by atoms with van der Waals surface area (Å²) in [6, 6.07) is 0. The molecular formula is C14H27NO9. The molecule has 2 aliphatic rings. The van der Waals surface area contributed by atoms with Gasteiger partial charge < -0.3 is 50.2 Å². The first-order valence-corrected chi connectivity index (χ1v) is 7.88. The molecule has 10 atom stereocenters. The van der Waals surface area contributed by atoms with Gasteiger partial charge in [0.15, 0.2) is 12.6 Å². The zero-order chi connectivity index (χ0) is 18.0. The fourth-order valence-electron chi connectivity index (χ4n) is 3.02. The van der Waals surface area contributed by atoms with E-state index in [1.165, 1.54) is 7.11 Å². The third-order valence-electron chi connectivity index (χ3n) is 4.64. The number of nitrogens with two attached hydrogens (primary N) is 1. The minimum absolute atomic E-state index is 0.104. The summed E-state index contributed by atoms with van der Waals surface area (Å²) < 4.78 is 21.3. The summed E-state index contributed by atoms with van der Waals surface area (Å²) in [5, 5.41) is 49.9. The highest BCUT2D eigenvalue weighted by molar-refractivity contribution is 4.93. The Balaban J connectivity index is 2.12. The number of hydrogen-bond acceptors (Lipinski definition) is 10. The summed E-state index contributed by atoms with van der Waals surface area (Å²) in [5.74, 6) is -0.408. The van der Waals surface area contributed by atoms with Crippen LogP contribution in [0.25, 0.3) is 0 Å². The first-order valence-electron chi connectivity index (χ1n) is 7.88. The van der Waals surface area contributed by atoms with Crippen molar-refractivity contribution in [1.82, 2.24) is 0 Å². The molecule has 24 heavy (non-hydrogen) atoms. The molecule has 0 saturated carbocycles. The van der Waals surface area contributed by atoms with Crippen LogP contribution in [0.3, 0.4) is 0 Å². The van der Waals surface area contributed by atoms with Crippen molar-refractivity contribution in [3.05, 3.63) is 0 Å². The average molecular weight is 353 g/mol. The first-order chi connectivity index (χ1) is 11.3. The molecule has 0 spiro atoms. The molecular weight excluding hydrogens is 326 g/mol. The van der Waals surface area contributed by atoms with Gasteiger partial charge in [-0.05, 0) is 0 Å². The molecule has 0 radical (unpaired) electrons. The van der Waals surface area contributed by atoms with Crippen LogP contribution in [-0.4, -0.2) is 101 Å². The van der Waals surface area contributed by atoms with Gasteiger partial charge in [-0.2, -0.15) is 0 Å². The molecule has 7 N–H and O–H groups in total. The molecule has 0 aliphatic carbocycles. The molecule has 0 amide bonds. The largest absolute Gasteiger partial charge is 0.394 e. The van der Waals surface area contributed by atoms with E-state index in [4.69, 9.17) is 24.7 Å². The third-order valence-corrected chi connectivity index (χ3v) is 4.64. The van der Waals surface area contributed by atoms with Gasteiger partial charge in [-0.3, -0.25) is 0 Å². The fraction of sp³-hybridized carbons (Fsp3) is 1.00.